The average molecular weight is 330 g/mol. The molecule has 18 heavy (non-hydrogen) atoms. The maximum Gasteiger partial charge on any atom is 0.322 e. The van der Waals surface area contributed by atoms with E-state index in [-0.39, 0.29) is 12.0 Å². The number of ether oxygens (including phenoxy) is 1. The number of thiophene rings is 1. The molecule has 2 rings (SSSR count). The summed E-state index contributed by atoms with van der Waals surface area (Å²) in [4.78, 5) is 15.2. The molecule has 2 aromatic rings. The van der Waals surface area contributed by atoms with E-state index in [4.69, 9.17) is 10.5 Å². The van der Waals surface area contributed by atoms with Crippen LogP contribution in [0.1, 0.15) is 4.88 Å². The van der Waals surface area contributed by atoms with Gasteiger partial charge in [0.05, 0.1) is 13.7 Å². The minimum atomic E-state index is 0.149. The smallest absolute Gasteiger partial charge is 0.322 e. The van der Waals surface area contributed by atoms with E-state index in [1.54, 1.807) is 11.3 Å². The van der Waals surface area contributed by atoms with E-state index in [0.29, 0.717) is 12.5 Å². The van der Waals surface area contributed by atoms with Crippen LogP contribution < -0.4 is 15.4 Å². The lowest BCUT2D eigenvalue weighted by atomic mass is 10.4. The summed E-state index contributed by atoms with van der Waals surface area (Å²) in [6.07, 6.45) is 0. The first-order chi connectivity index (χ1) is 8.58. The van der Waals surface area contributed by atoms with Gasteiger partial charge in [0.15, 0.2) is 0 Å². The van der Waals surface area contributed by atoms with Crippen LogP contribution in [0.15, 0.2) is 15.9 Å². The Labute approximate surface area is 117 Å². The molecule has 2 N–H and O–H groups in total. The molecular weight excluding hydrogens is 318 g/mol. The molecule has 0 bridgehead atoms. The van der Waals surface area contributed by atoms with Crippen LogP contribution in [0, 0.1) is 0 Å². The number of nitrogen functional groups attached to an aromatic ring is 1. The van der Waals surface area contributed by atoms with Gasteiger partial charge in [0.1, 0.15) is 0 Å². The second-order valence-electron chi connectivity index (χ2n) is 3.57. The summed E-state index contributed by atoms with van der Waals surface area (Å²) < 4.78 is 6.04. The number of rotatable bonds is 4. The Balaban J connectivity index is 2.17. The molecule has 0 aliphatic heterocycles. The van der Waals surface area contributed by atoms with Crippen LogP contribution in [0.4, 0.5) is 11.9 Å². The molecule has 0 aromatic carbocycles. The van der Waals surface area contributed by atoms with Crippen molar-refractivity contribution in [1.29, 1.82) is 0 Å². The number of nitrogens with two attached hydrogens (primary N) is 1. The molecule has 6 nitrogen and oxygen atoms in total. The number of hydrogen-bond acceptors (Lipinski definition) is 7. The largest absolute Gasteiger partial charge is 0.467 e. The number of anilines is 2. The van der Waals surface area contributed by atoms with Gasteiger partial charge >= 0.3 is 6.01 Å². The van der Waals surface area contributed by atoms with E-state index in [9.17, 15) is 0 Å². The van der Waals surface area contributed by atoms with Crippen molar-refractivity contribution < 1.29 is 4.74 Å². The minimum Gasteiger partial charge on any atom is -0.467 e. The highest BCUT2D eigenvalue weighted by Crippen LogP contribution is 2.22. The molecule has 0 saturated carbocycles. The van der Waals surface area contributed by atoms with Crippen molar-refractivity contribution >= 4 is 39.2 Å². The zero-order valence-corrected chi connectivity index (χ0v) is 12.3. The van der Waals surface area contributed by atoms with Crippen LogP contribution in [-0.2, 0) is 6.54 Å². The number of methoxy groups -OCH3 is 1. The second kappa shape index (κ2) is 5.49. The van der Waals surface area contributed by atoms with Crippen LogP contribution in [0.3, 0.4) is 0 Å². The first-order valence-corrected chi connectivity index (χ1v) is 6.75. The molecule has 0 amide bonds. The Bertz CT molecular complexity index is 547. The Kier molecular flexibility index (Phi) is 3.97. The number of hydrogen-bond donors (Lipinski definition) is 1. The number of nitrogens with zero attached hydrogens (tertiary/aromatic N) is 4. The summed E-state index contributed by atoms with van der Waals surface area (Å²) in [7, 11) is 3.39. The fourth-order valence-corrected chi connectivity index (χ4v) is 2.87. The van der Waals surface area contributed by atoms with E-state index < -0.39 is 0 Å². The van der Waals surface area contributed by atoms with Crippen LogP contribution in [0.25, 0.3) is 0 Å². The standard InChI is InChI=1S/C10H12BrN5OS/c1-16(4-7-3-6(11)5-18-7)9-13-8(12)14-10(15-9)17-2/h3,5H,4H2,1-2H3,(H2,12,13,14,15). The molecule has 0 unspecified atom stereocenters. The molecular formula is C10H12BrN5OS. The average Bonchev–Trinajstić information content (AvgIpc) is 2.73. The Hall–Kier alpha value is -1.41. The topological polar surface area (TPSA) is 77.2 Å². The lowest BCUT2D eigenvalue weighted by Gasteiger charge is -2.16. The van der Waals surface area contributed by atoms with Gasteiger partial charge in [0, 0.05) is 21.8 Å². The van der Waals surface area contributed by atoms with Gasteiger partial charge in [-0.15, -0.1) is 11.3 Å². The zero-order chi connectivity index (χ0) is 13.1. The molecule has 0 spiro atoms. The lowest BCUT2D eigenvalue weighted by molar-refractivity contribution is 0.379. The van der Waals surface area contributed by atoms with Crippen molar-refractivity contribution in [2.45, 2.75) is 6.54 Å². The van der Waals surface area contributed by atoms with Gasteiger partial charge in [0.2, 0.25) is 11.9 Å². The Morgan fingerprint density at radius 1 is 1.44 bits per heavy atom. The maximum absolute atomic E-state index is 5.60. The summed E-state index contributed by atoms with van der Waals surface area (Å²) >= 11 is 5.09. The molecule has 0 saturated heterocycles. The Morgan fingerprint density at radius 3 is 2.83 bits per heavy atom. The normalized spacial score (nSPS) is 10.4. The molecule has 0 fully saturated rings. The van der Waals surface area contributed by atoms with Crippen LogP contribution >= 0.6 is 27.3 Å². The number of halogens is 1. The molecule has 2 aromatic heterocycles. The molecule has 0 atom stereocenters. The molecule has 0 aliphatic rings. The third-order valence-electron chi connectivity index (χ3n) is 2.16. The third kappa shape index (κ3) is 3.08. The van der Waals surface area contributed by atoms with Gasteiger partial charge < -0.3 is 15.4 Å². The highest BCUT2D eigenvalue weighted by molar-refractivity contribution is 9.10. The van der Waals surface area contributed by atoms with Crippen molar-refractivity contribution in [1.82, 2.24) is 15.0 Å². The second-order valence-corrected chi connectivity index (χ2v) is 5.48. The summed E-state index contributed by atoms with van der Waals surface area (Å²) in [6, 6.07) is 2.28. The van der Waals surface area contributed by atoms with Crippen molar-refractivity contribution in [3.8, 4) is 6.01 Å². The monoisotopic (exact) mass is 329 g/mol. The van der Waals surface area contributed by atoms with Crippen molar-refractivity contribution in [3.05, 3.63) is 20.8 Å². The molecule has 8 heteroatoms. The predicted octanol–water partition coefficient (Wildman–Crippen LogP) is 1.92. The summed E-state index contributed by atoms with van der Waals surface area (Å²) in [6.45, 7) is 0.697. The number of aromatic nitrogens is 3. The van der Waals surface area contributed by atoms with Gasteiger partial charge in [-0.25, -0.2) is 0 Å². The Morgan fingerprint density at radius 2 is 2.22 bits per heavy atom. The van der Waals surface area contributed by atoms with E-state index in [1.807, 2.05) is 17.3 Å². The van der Waals surface area contributed by atoms with Gasteiger partial charge in [-0.05, 0) is 22.0 Å². The highest BCUT2D eigenvalue weighted by atomic mass is 79.9. The SMILES string of the molecule is COc1nc(N)nc(N(C)Cc2cc(Br)cs2)n1. The van der Waals surface area contributed by atoms with E-state index in [2.05, 4.69) is 36.9 Å². The fourth-order valence-electron chi connectivity index (χ4n) is 1.36. The predicted molar refractivity (Wildman–Crippen MR) is 74.9 cm³/mol. The fraction of sp³-hybridized carbons (Fsp3) is 0.300. The van der Waals surface area contributed by atoms with E-state index in [1.165, 1.54) is 12.0 Å². The summed E-state index contributed by atoms with van der Waals surface area (Å²) in [5, 5.41) is 2.03. The van der Waals surface area contributed by atoms with Crippen LogP contribution in [0.2, 0.25) is 0 Å². The molecule has 0 radical (unpaired) electrons. The van der Waals surface area contributed by atoms with Crippen LogP contribution in [-0.4, -0.2) is 29.1 Å². The van der Waals surface area contributed by atoms with E-state index >= 15 is 0 Å². The van der Waals surface area contributed by atoms with Crippen LogP contribution in [0.5, 0.6) is 6.01 Å². The van der Waals surface area contributed by atoms with Gasteiger partial charge in [0.25, 0.3) is 0 Å². The lowest BCUT2D eigenvalue weighted by Crippen LogP contribution is -2.19. The van der Waals surface area contributed by atoms with Crippen molar-refractivity contribution in [2.75, 3.05) is 24.8 Å². The van der Waals surface area contributed by atoms with Gasteiger partial charge in [-0.3, -0.25) is 0 Å². The van der Waals surface area contributed by atoms with Gasteiger partial charge in [-0.2, -0.15) is 15.0 Å². The quantitative estimate of drug-likeness (QED) is 0.923. The maximum atomic E-state index is 5.60. The zero-order valence-electron chi connectivity index (χ0n) is 9.92. The molecule has 96 valence electrons. The first kappa shape index (κ1) is 13.0. The van der Waals surface area contributed by atoms with E-state index in [0.717, 1.165) is 4.47 Å². The molecule has 2 heterocycles. The highest BCUT2D eigenvalue weighted by Gasteiger charge is 2.10. The van der Waals surface area contributed by atoms with Crippen molar-refractivity contribution in [2.24, 2.45) is 0 Å². The van der Waals surface area contributed by atoms with Crippen molar-refractivity contribution in [3.63, 3.8) is 0 Å². The summed E-state index contributed by atoms with van der Waals surface area (Å²) in [5.41, 5.74) is 5.60. The first-order valence-electron chi connectivity index (χ1n) is 5.08. The minimum absolute atomic E-state index is 0.149. The van der Waals surface area contributed by atoms with Gasteiger partial charge in [-0.1, -0.05) is 0 Å². The summed E-state index contributed by atoms with van der Waals surface area (Å²) in [5.74, 6) is 0.639. The molecule has 0 aliphatic carbocycles. The third-order valence-corrected chi connectivity index (χ3v) is 3.84.